The van der Waals surface area contributed by atoms with Crippen molar-refractivity contribution in [2.24, 2.45) is 0 Å². The summed E-state index contributed by atoms with van der Waals surface area (Å²) in [5.41, 5.74) is -1.21. The Morgan fingerprint density at radius 1 is 1.47 bits per heavy atom. The molecule has 2 rings (SSSR count). The highest BCUT2D eigenvalue weighted by Gasteiger charge is 2.21. The normalized spacial score (nSPS) is 10.5. The average molecular weight is 243 g/mol. The minimum atomic E-state index is -1.70. The number of halogens is 2. The second-order valence-electron chi connectivity index (χ2n) is 2.94. The third-order valence-corrected chi connectivity index (χ3v) is 1.95. The Bertz CT molecular complexity index is 621. The second kappa shape index (κ2) is 3.81. The molecular weight excluding hydrogens is 240 g/mol. The van der Waals surface area contributed by atoms with Crippen LogP contribution in [-0.2, 0) is 0 Å². The van der Waals surface area contributed by atoms with Gasteiger partial charge in [0.05, 0.1) is 10.9 Å². The minimum absolute atomic E-state index is 0.0788. The molecule has 0 aliphatic heterocycles. The van der Waals surface area contributed by atoms with Gasteiger partial charge in [0.1, 0.15) is 0 Å². The summed E-state index contributed by atoms with van der Waals surface area (Å²) in [7, 11) is 0. The van der Waals surface area contributed by atoms with Crippen LogP contribution in [0.4, 0.5) is 13.6 Å². The maximum Gasteiger partial charge on any atom is 0.512 e. The van der Waals surface area contributed by atoms with Gasteiger partial charge in [0.2, 0.25) is 11.4 Å². The van der Waals surface area contributed by atoms with Crippen LogP contribution in [0.5, 0.6) is 5.88 Å². The predicted molar refractivity (Wildman–Crippen MR) is 48.0 cm³/mol. The van der Waals surface area contributed by atoms with E-state index in [-0.39, 0.29) is 11.7 Å². The summed E-state index contributed by atoms with van der Waals surface area (Å²) in [5, 5.41) is 11.2. The van der Waals surface area contributed by atoms with Crippen LogP contribution in [0, 0.1) is 11.6 Å². The van der Waals surface area contributed by atoms with E-state index < -0.39 is 34.8 Å². The van der Waals surface area contributed by atoms with Crippen molar-refractivity contribution in [2.75, 3.05) is 0 Å². The van der Waals surface area contributed by atoms with Crippen LogP contribution in [0.1, 0.15) is 10.4 Å². The maximum absolute atomic E-state index is 13.3. The molecule has 0 radical (unpaired) electrons. The molecule has 0 aliphatic carbocycles. The van der Waals surface area contributed by atoms with Gasteiger partial charge in [0.25, 0.3) is 5.88 Å². The van der Waals surface area contributed by atoms with Crippen LogP contribution >= 0.6 is 0 Å². The van der Waals surface area contributed by atoms with Crippen molar-refractivity contribution in [3.63, 3.8) is 0 Å². The number of benzene rings is 1. The summed E-state index contributed by atoms with van der Waals surface area (Å²) in [6, 6.07) is 0.884. The van der Waals surface area contributed by atoms with Crippen molar-refractivity contribution in [1.82, 2.24) is 5.16 Å². The van der Waals surface area contributed by atoms with Gasteiger partial charge in [-0.1, -0.05) is 0 Å². The van der Waals surface area contributed by atoms with Crippen LogP contribution in [-0.4, -0.2) is 22.7 Å². The first-order valence-corrected chi connectivity index (χ1v) is 4.18. The molecule has 1 N–H and O–H groups in total. The fourth-order valence-corrected chi connectivity index (χ4v) is 1.26. The lowest BCUT2D eigenvalue weighted by Gasteiger charge is -1.97. The van der Waals surface area contributed by atoms with E-state index in [2.05, 4.69) is 14.4 Å². The zero-order valence-corrected chi connectivity index (χ0v) is 7.94. The molecule has 2 aromatic rings. The third-order valence-electron chi connectivity index (χ3n) is 1.95. The van der Waals surface area contributed by atoms with Crippen molar-refractivity contribution >= 4 is 23.4 Å². The minimum Gasteiger partial charge on any atom is -0.449 e. The summed E-state index contributed by atoms with van der Waals surface area (Å²) in [4.78, 5) is 20.7. The van der Waals surface area contributed by atoms with Crippen LogP contribution in [0.2, 0.25) is 0 Å². The fourth-order valence-electron chi connectivity index (χ4n) is 1.26. The highest BCUT2D eigenvalue weighted by Crippen LogP contribution is 2.30. The molecule has 17 heavy (non-hydrogen) atoms. The van der Waals surface area contributed by atoms with E-state index in [9.17, 15) is 18.4 Å². The molecule has 0 saturated carbocycles. The van der Waals surface area contributed by atoms with Crippen LogP contribution in [0.15, 0.2) is 10.6 Å². The molecule has 0 amide bonds. The first-order valence-electron chi connectivity index (χ1n) is 4.18. The summed E-state index contributed by atoms with van der Waals surface area (Å²) >= 11 is 0. The monoisotopic (exact) mass is 243 g/mol. The zero-order valence-electron chi connectivity index (χ0n) is 7.94. The number of carboxylic acid groups (broad SMARTS) is 1. The van der Waals surface area contributed by atoms with Gasteiger partial charge in [-0.2, -0.15) is 4.39 Å². The summed E-state index contributed by atoms with van der Waals surface area (Å²) in [6.45, 7) is 0. The molecule has 6 nitrogen and oxygen atoms in total. The average Bonchev–Trinajstić information content (AvgIpc) is 2.66. The molecule has 1 aromatic carbocycles. The largest absolute Gasteiger partial charge is 0.512 e. The number of rotatable bonds is 2. The lowest BCUT2D eigenvalue weighted by atomic mass is 10.1. The number of carbonyl (C=O) groups is 2. The van der Waals surface area contributed by atoms with E-state index in [4.69, 9.17) is 5.11 Å². The smallest absolute Gasteiger partial charge is 0.449 e. The molecule has 0 aliphatic rings. The van der Waals surface area contributed by atoms with Crippen molar-refractivity contribution in [1.29, 1.82) is 0 Å². The van der Waals surface area contributed by atoms with Gasteiger partial charge < -0.3 is 14.4 Å². The van der Waals surface area contributed by atoms with E-state index in [1.807, 2.05) is 0 Å². The van der Waals surface area contributed by atoms with E-state index in [0.29, 0.717) is 0 Å². The molecule has 0 unspecified atom stereocenters. The lowest BCUT2D eigenvalue weighted by molar-refractivity contribution is 0.111. The number of hydrogen-bond acceptors (Lipinski definition) is 5. The number of aromatic nitrogens is 1. The van der Waals surface area contributed by atoms with Gasteiger partial charge in [0, 0.05) is 0 Å². The van der Waals surface area contributed by atoms with E-state index in [0.717, 1.165) is 6.07 Å². The summed E-state index contributed by atoms with van der Waals surface area (Å²) in [5.74, 6) is -3.39. The SMILES string of the molecule is O=Cc1cc2c(OC(=O)O)noc2c(F)c1F. The van der Waals surface area contributed by atoms with Gasteiger partial charge in [-0.3, -0.25) is 4.79 Å². The van der Waals surface area contributed by atoms with Crippen molar-refractivity contribution in [3.8, 4) is 5.88 Å². The number of fused-ring (bicyclic) bond motifs is 1. The number of hydrogen-bond donors (Lipinski definition) is 1. The standard InChI is InChI=1S/C9H3F2NO5/c10-5-3(2-13)1-4-7(6(5)11)17-12-8(4)16-9(14)15/h1-2H,(H,14,15). The molecular formula is C9H3F2NO5. The van der Waals surface area contributed by atoms with Gasteiger partial charge in [-0.25, -0.2) is 9.18 Å². The van der Waals surface area contributed by atoms with Crippen molar-refractivity contribution < 1.29 is 32.7 Å². The van der Waals surface area contributed by atoms with Crippen LogP contribution in [0.25, 0.3) is 11.0 Å². The predicted octanol–water partition coefficient (Wildman–Crippen LogP) is 1.98. The van der Waals surface area contributed by atoms with Crippen LogP contribution < -0.4 is 4.74 Å². The van der Waals surface area contributed by atoms with Gasteiger partial charge in [0.15, 0.2) is 12.1 Å². The molecule has 0 spiro atoms. The zero-order chi connectivity index (χ0) is 12.6. The number of nitrogens with zero attached hydrogens (tertiary/aromatic N) is 1. The Balaban J connectivity index is 2.72. The quantitative estimate of drug-likeness (QED) is 0.640. The highest BCUT2D eigenvalue weighted by atomic mass is 19.2. The maximum atomic E-state index is 13.3. The Hall–Kier alpha value is -2.51. The second-order valence-corrected chi connectivity index (χ2v) is 2.94. The fraction of sp³-hybridized carbons (Fsp3) is 0. The Labute approximate surface area is 91.4 Å². The lowest BCUT2D eigenvalue weighted by Crippen LogP contribution is -2.03. The summed E-state index contributed by atoms with van der Waals surface area (Å²) in [6.07, 6.45) is -1.62. The molecule has 0 fully saturated rings. The number of aldehydes is 1. The van der Waals surface area contributed by atoms with Crippen molar-refractivity contribution in [3.05, 3.63) is 23.3 Å². The molecule has 1 aromatic heterocycles. The molecule has 0 saturated heterocycles. The Morgan fingerprint density at radius 2 is 2.18 bits per heavy atom. The van der Waals surface area contributed by atoms with E-state index >= 15 is 0 Å². The molecule has 0 atom stereocenters. The van der Waals surface area contributed by atoms with E-state index in [1.54, 1.807) is 0 Å². The van der Waals surface area contributed by atoms with Gasteiger partial charge >= 0.3 is 6.16 Å². The van der Waals surface area contributed by atoms with Gasteiger partial charge in [-0.05, 0) is 11.2 Å². The first-order chi connectivity index (χ1) is 8.04. The molecule has 88 valence electrons. The molecule has 8 heteroatoms. The molecule has 1 heterocycles. The third kappa shape index (κ3) is 1.69. The first kappa shape index (κ1) is 11.0. The highest BCUT2D eigenvalue weighted by molar-refractivity contribution is 5.90. The topological polar surface area (TPSA) is 89.6 Å². The van der Waals surface area contributed by atoms with Gasteiger partial charge in [-0.15, -0.1) is 0 Å². The Kier molecular flexibility index (Phi) is 2.47. The number of ether oxygens (including phenoxy) is 1. The van der Waals surface area contributed by atoms with Crippen molar-refractivity contribution in [2.45, 2.75) is 0 Å². The summed E-state index contributed by atoms with van der Waals surface area (Å²) < 4.78 is 35.0. The Morgan fingerprint density at radius 3 is 2.76 bits per heavy atom. The van der Waals surface area contributed by atoms with E-state index in [1.165, 1.54) is 0 Å². The molecule has 0 bridgehead atoms. The number of carbonyl (C=O) groups excluding carboxylic acids is 1. The van der Waals surface area contributed by atoms with Crippen LogP contribution in [0.3, 0.4) is 0 Å².